The van der Waals surface area contributed by atoms with Gasteiger partial charge in [-0.2, -0.15) is 0 Å². The van der Waals surface area contributed by atoms with Crippen LogP contribution in [0.2, 0.25) is 0 Å². The van der Waals surface area contributed by atoms with E-state index < -0.39 is 32.9 Å². The van der Waals surface area contributed by atoms with Crippen LogP contribution in [0.3, 0.4) is 0 Å². The summed E-state index contributed by atoms with van der Waals surface area (Å²) in [6.07, 6.45) is -0.522. The highest BCUT2D eigenvalue weighted by molar-refractivity contribution is 9.10. The van der Waals surface area contributed by atoms with E-state index >= 15 is 0 Å². The molecule has 196 valence electrons. The number of pyridine rings is 1. The molecular weight excluding hydrogens is 573 g/mol. The zero-order valence-corrected chi connectivity index (χ0v) is 22.5. The van der Waals surface area contributed by atoms with E-state index in [0.717, 1.165) is 6.07 Å². The van der Waals surface area contributed by atoms with Gasteiger partial charge in [0.15, 0.2) is 5.76 Å². The van der Waals surface area contributed by atoms with E-state index in [1.807, 2.05) is 0 Å². The standard InChI is InChI=1S/C23H23BrFN5O6S/c1-12-8-9-18(36-12)22-27-28-23(30(22)20-16(34-3)6-5-7-17(20)35-4)29-37(32,33)13(2)21(31)19-15(25)10-14(24)11-26-19/h5-11,13,21,31H,1-4H3,(H,28,29)/t13-,21-/m0/s1. The highest BCUT2D eigenvalue weighted by atomic mass is 79.9. The van der Waals surface area contributed by atoms with E-state index in [0.29, 0.717) is 33.2 Å². The average molecular weight is 596 g/mol. The number of furan rings is 1. The van der Waals surface area contributed by atoms with Crippen LogP contribution >= 0.6 is 15.9 Å². The topological polar surface area (TPSA) is 142 Å². The molecule has 14 heteroatoms. The highest BCUT2D eigenvalue weighted by Gasteiger charge is 2.34. The molecule has 0 amide bonds. The molecule has 0 saturated carbocycles. The van der Waals surface area contributed by atoms with E-state index in [9.17, 15) is 17.9 Å². The van der Waals surface area contributed by atoms with Crippen LogP contribution in [0.15, 0.2) is 51.5 Å². The normalized spacial score (nSPS) is 13.3. The van der Waals surface area contributed by atoms with Crippen molar-refractivity contribution in [2.75, 3.05) is 18.9 Å². The molecule has 0 saturated heterocycles. The van der Waals surface area contributed by atoms with Gasteiger partial charge in [-0.25, -0.2) is 12.8 Å². The fraction of sp³-hybridized carbons (Fsp3) is 0.261. The van der Waals surface area contributed by atoms with Crippen LogP contribution in [0.25, 0.3) is 17.3 Å². The summed E-state index contributed by atoms with van der Waals surface area (Å²) in [7, 11) is -1.48. The molecule has 0 bridgehead atoms. The van der Waals surface area contributed by atoms with Gasteiger partial charge in [-0.15, -0.1) is 10.2 Å². The van der Waals surface area contributed by atoms with Crippen LogP contribution in [-0.4, -0.2) is 52.7 Å². The first-order chi connectivity index (χ1) is 17.6. The number of aliphatic hydroxyl groups is 1. The van der Waals surface area contributed by atoms with Crippen molar-refractivity contribution >= 4 is 31.9 Å². The molecule has 0 unspecified atom stereocenters. The SMILES string of the molecule is COc1cccc(OC)c1-n1c(NS(=O)(=O)[C@@H](C)[C@H](O)c2ncc(Br)cc2F)nnc1-c1ccc(C)o1. The second kappa shape index (κ2) is 10.5. The van der Waals surface area contributed by atoms with Gasteiger partial charge in [0.2, 0.25) is 21.8 Å². The van der Waals surface area contributed by atoms with Crippen LogP contribution in [0.1, 0.15) is 24.5 Å². The number of benzene rings is 1. The molecule has 3 heterocycles. The summed E-state index contributed by atoms with van der Waals surface area (Å²) >= 11 is 3.08. The number of aliphatic hydroxyl groups excluding tert-OH is 1. The zero-order valence-electron chi connectivity index (χ0n) is 20.1. The number of para-hydroxylation sites is 1. The summed E-state index contributed by atoms with van der Waals surface area (Å²) in [5, 5.41) is 17.3. The minimum Gasteiger partial charge on any atom is -0.494 e. The maximum Gasteiger partial charge on any atom is 0.243 e. The molecular formula is C23H23BrFN5O6S. The van der Waals surface area contributed by atoms with Crippen LogP contribution in [0.4, 0.5) is 10.3 Å². The lowest BCUT2D eigenvalue weighted by Gasteiger charge is -2.21. The predicted molar refractivity (Wildman–Crippen MR) is 136 cm³/mol. The summed E-state index contributed by atoms with van der Waals surface area (Å²) < 4.78 is 61.8. The van der Waals surface area contributed by atoms with Gasteiger partial charge in [0.05, 0.1) is 14.2 Å². The lowest BCUT2D eigenvalue weighted by Crippen LogP contribution is -2.32. The third-order valence-electron chi connectivity index (χ3n) is 5.53. The van der Waals surface area contributed by atoms with Crippen LogP contribution in [-0.2, 0) is 10.0 Å². The fourth-order valence-corrected chi connectivity index (χ4v) is 4.93. The number of aromatic nitrogens is 4. The number of aryl methyl sites for hydroxylation is 1. The molecule has 0 radical (unpaired) electrons. The smallest absolute Gasteiger partial charge is 0.243 e. The van der Waals surface area contributed by atoms with E-state index in [2.05, 4.69) is 35.8 Å². The number of sulfonamides is 1. The Morgan fingerprint density at radius 2 is 1.84 bits per heavy atom. The highest BCUT2D eigenvalue weighted by Crippen LogP contribution is 2.38. The minimum absolute atomic E-state index is 0.155. The summed E-state index contributed by atoms with van der Waals surface area (Å²) in [4.78, 5) is 3.83. The Hall–Kier alpha value is -3.49. The Labute approximate surface area is 220 Å². The summed E-state index contributed by atoms with van der Waals surface area (Å²) in [5.41, 5.74) is -0.117. The number of hydrogen-bond acceptors (Lipinski definition) is 9. The fourth-order valence-electron chi connectivity index (χ4n) is 3.58. The van der Waals surface area contributed by atoms with Crippen molar-refractivity contribution < 1.29 is 31.8 Å². The molecule has 2 atom stereocenters. The zero-order chi connectivity index (χ0) is 26.9. The summed E-state index contributed by atoms with van der Waals surface area (Å²) in [5.74, 6) is 0.618. The number of nitrogens with one attached hydrogen (secondary N) is 1. The van der Waals surface area contributed by atoms with Crippen molar-refractivity contribution in [2.24, 2.45) is 0 Å². The predicted octanol–water partition coefficient (Wildman–Crippen LogP) is 4.01. The number of methoxy groups -OCH3 is 2. The van der Waals surface area contributed by atoms with Gasteiger partial charge >= 0.3 is 0 Å². The Kier molecular flexibility index (Phi) is 7.52. The first-order valence-corrected chi connectivity index (χ1v) is 13.2. The van der Waals surface area contributed by atoms with Gasteiger partial charge in [-0.3, -0.25) is 14.3 Å². The number of halogens is 2. The molecule has 37 heavy (non-hydrogen) atoms. The van der Waals surface area contributed by atoms with Crippen molar-refractivity contribution in [2.45, 2.75) is 25.2 Å². The number of hydrogen-bond donors (Lipinski definition) is 2. The molecule has 4 rings (SSSR count). The van der Waals surface area contributed by atoms with Gasteiger partial charge in [0.1, 0.15) is 45.8 Å². The Bertz CT molecular complexity index is 1520. The lowest BCUT2D eigenvalue weighted by molar-refractivity contribution is 0.166. The number of ether oxygens (including phenoxy) is 2. The molecule has 0 spiro atoms. The third kappa shape index (κ3) is 5.17. The van der Waals surface area contributed by atoms with Gasteiger partial charge < -0.3 is 19.0 Å². The van der Waals surface area contributed by atoms with Gasteiger partial charge in [-0.05, 0) is 60.1 Å². The molecule has 11 nitrogen and oxygen atoms in total. The first kappa shape index (κ1) is 26.6. The van der Waals surface area contributed by atoms with Crippen LogP contribution in [0.5, 0.6) is 11.5 Å². The molecule has 0 aliphatic rings. The van der Waals surface area contributed by atoms with Gasteiger partial charge in [0.25, 0.3) is 0 Å². The molecule has 2 N–H and O–H groups in total. The molecule has 1 aromatic carbocycles. The number of nitrogens with zero attached hydrogens (tertiary/aromatic N) is 4. The van der Waals surface area contributed by atoms with Crippen LogP contribution < -0.4 is 14.2 Å². The number of rotatable bonds is 9. The van der Waals surface area contributed by atoms with E-state index in [4.69, 9.17) is 13.9 Å². The Balaban J connectivity index is 1.82. The van der Waals surface area contributed by atoms with Crippen molar-refractivity contribution in [1.82, 2.24) is 19.7 Å². The molecule has 3 aromatic heterocycles. The Morgan fingerprint density at radius 3 is 2.41 bits per heavy atom. The molecule has 0 fully saturated rings. The maximum absolute atomic E-state index is 14.4. The quantitative estimate of drug-likeness (QED) is 0.293. The monoisotopic (exact) mass is 595 g/mol. The first-order valence-electron chi connectivity index (χ1n) is 10.8. The molecule has 4 aromatic rings. The Morgan fingerprint density at radius 1 is 1.16 bits per heavy atom. The average Bonchev–Trinajstić information content (AvgIpc) is 3.47. The van der Waals surface area contributed by atoms with E-state index in [1.165, 1.54) is 31.9 Å². The third-order valence-corrected chi connectivity index (χ3v) is 7.67. The van der Waals surface area contributed by atoms with Gasteiger partial charge in [-0.1, -0.05) is 6.07 Å². The maximum atomic E-state index is 14.4. The van der Waals surface area contributed by atoms with E-state index in [-0.39, 0.29) is 11.8 Å². The van der Waals surface area contributed by atoms with Crippen LogP contribution in [0, 0.1) is 12.7 Å². The minimum atomic E-state index is -4.37. The van der Waals surface area contributed by atoms with Crippen molar-refractivity contribution in [3.8, 4) is 28.8 Å². The summed E-state index contributed by atoms with van der Waals surface area (Å²) in [6.45, 7) is 2.97. The van der Waals surface area contributed by atoms with Gasteiger partial charge in [0, 0.05) is 10.7 Å². The van der Waals surface area contributed by atoms with Crippen molar-refractivity contribution in [1.29, 1.82) is 0 Å². The van der Waals surface area contributed by atoms with E-state index in [1.54, 1.807) is 37.3 Å². The molecule has 0 aliphatic heterocycles. The number of anilines is 1. The summed E-state index contributed by atoms with van der Waals surface area (Å²) in [6, 6.07) is 9.47. The lowest BCUT2D eigenvalue weighted by atomic mass is 10.2. The molecule has 0 aliphatic carbocycles. The largest absolute Gasteiger partial charge is 0.494 e. The van der Waals surface area contributed by atoms with Crippen molar-refractivity contribution in [3.05, 3.63) is 64.3 Å². The second-order valence-electron chi connectivity index (χ2n) is 7.92. The second-order valence-corrected chi connectivity index (χ2v) is 10.9. The van der Waals surface area contributed by atoms with Crippen molar-refractivity contribution in [3.63, 3.8) is 0 Å².